The first-order chi connectivity index (χ1) is 9.17. The quantitative estimate of drug-likeness (QED) is 0.794. The van der Waals surface area contributed by atoms with Gasteiger partial charge < -0.3 is 15.3 Å². The molecule has 0 bridgehead atoms. The number of halogens is 1. The summed E-state index contributed by atoms with van der Waals surface area (Å²) >= 11 is 5.95. The maximum atomic E-state index is 11.6. The van der Waals surface area contributed by atoms with Crippen LogP contribution in [0, 0.1) is 5.92 Å². The molecule has 1 amide bonds. The van der Waals surface area contributed by atoms with Crippen molar-refractivity contribution < 1.29 is 9.90 Å². The van der Waals surface area contributed by atoms with Crippen LogP contribution < -0.4 is 10.2 Å². The van der Waals surface area contributed by atoms with E-state index in [0.717, 1.165) is 25.9 Å². The molecule has 0 aliphatic carbocycles. The van der Waals surface area contributed by atoms with E-state index < -0.39 is 0 Å². The minimum absolute atomic E-state index is 0.0520. The van der Waals surface area contributed by atoms with Crippen LogP contribution in [0.4, 0.5) is 5.82 Å². The molecule has 1 aromatic heterocycles. The highest BCUT2D eigenvalue weighted by atomic mass is 35.5. The number of rotatable bonds is 3. The van der Waals surface area contributed by atoms with Crippen molar-refractivity contribution in [2.45, 2.75) is 19.4 Å². The lowest BCUT2D eigenvalue weighted by atomic mass is 9.96. The molecular formula is C12H17ClN4O2. The molecule has 1 aliphatic rings. The average Bonchev–Trinajstić information content (AvgIpc) is 2.46. The monoisotopic (exact) mass is 284 g/mol. The minimum Gasteiger partial charge on any atom is -0.391 e. The summed E-state index contributed by atoms with van der Waals surface area (Å²) in [6, 6.07) is 0. The molecule has 2 rings (SSSR count). The fraction of sp³-hybridized carbons (Fsp3) is 0.583. The second-order valence-electron chi connectivity index (χ2n) is 4.50. The van der Waals surface area contributed by atoms with Crippen LogP contribution in [-0.2, 0) is 11.4 Å². The van der Waals surface area contributed by atoms with Crippen LogP contribution in [0.1, 0.15) is 18.4 Å². The van der Waals surface area contributed by atoms with E-state index in [2.05, 4.69) is 15.3 Å². The number of carbonyl (C=O) groups excluding carboxylic acids is 1. The zero-order valence-electron chi connectivity index (χ0n) is 10.8. The third-order valence-corrected chi connectivity index (χ3v) is 3.77. The van der Waals surface area contributed by atoms with Crippen molar-refractivity contribution in [3.63, 3.8) is 0 Å². The molecule has 0 radical (unpaired) electrons. The van der Waals surface area contributed by atoms with Crippen LogP contribution in [0.3, 0.4) is 0 Å². The molecule has 7 heteroatoms. The topological polar surface area (TPSA) is 78.4 Å². The standard InChI is InChI=1S/C12H17ClN4O2/c1-14-12(19)8-2-4-17(5-3-8)11-9(6-18)10(13)15-7-16-11/h7-8,18H,2-6H2,1H3,(H,14,19). The largest absolute Gasteiger partial charge is 0.391 e. The number of aliphatic hydroxyl groups excluding tert-OH is 1. The van der Waals surface area contributed by atoms with Gasteiger partial charge in [-0.15, -0.1) is 0 Å². The molecule has 1 saturated heterocycles. The Hall–Kier alpha value is -1.40. The predicted octanol–water partition coefficient (Wildman–Crippen LogP) is 0.585. The molecule has 19 heavy (non-hydrogen) atoms. The van der Waals surface area contributed by atoms with Gasteiger partial charge in [-0.05, 0) is 12.8 Å². The summed E-state index contributed by atoms with van der Waals surface area (Å²) in [6.07, 6.45) is 2.93. The van der Waals surface area contributed by atoms with Crippen molar-refractivity contribution in [2.24, 2.45) is 5.92 Å². The van der Waals surface area contributed by atoms with Gasteiger partial charge >= 0.3 is 0 Å². The fourth-order valence-electron chi connectivity index (χ4n) is 2.35. The molecule has 2 heterocycles. The van der Waals surface area contributed by atoms with E-state index in [4.69, 9.17) is 11.6 Å². The normalized spacial score (nSPS) is 16.5. The Kier molecular flexibility index (Phi) is 4.55. The Labute approximate surface area is 116 Å². The Morgan fingerprint density at radius 2 is 2.21 bits per heavy atom. The Balaban J connectivity index is 2.10. The second-order valence-corrected chi connectivity index (χ2v) is 4.86. The van der Waals surface area contributed by atoms with Crippen molar-refractivity contribution in [1.29, 1.82) is 0 Å². The molecule has 6 nitrogen and oxygen atoms in total. The van der Waals surface area contributed by atoms with Crippen LogP contribution >= 0.6 is 11.6 Å². The summed E-state index contributed by atoms with van der Waals surface area (Å²) < 4.78 is 0. The van der Waals surface area contributed by atoms with E-state index in [1.54, 1.807) is 7.05 Å². The molecule has 104 valence electrons. The third kappa shape index (κ3) is 2.96. The van der Waals surface area contributed by atoms with Crippen molar-refractivity contribution in [1.82, 2.24) is 15.3 Å². The third-order valence-electron chi connectivity index (χ3n) is 3.44. The van der Waals surface area contributed by atoms with Crippen LogP contribution in [0.5, 0.6) is 0 Å². The molecule has 0 unspecified atom stereocenters. The maximum Gasteiger partial charge on any atom is 0.222 e. The summed E-state index contributed by atoms with van der Waals surface area (Å²) in [5.41, 5.74) is 0.544. The molecule has 0 aromatic carbocycles. The van der Waals surface area contributed by atoms with E-state index in [9.17, 15) is 9.90 Å². The summed E-state index contributed by atoms with van der Waals surface area (Å²) in [6.45, 7) is 1.25. The van der Waals surface area contributed by atoms with Gasteiger partial charge in [0.15, 0.2) is 0 Å². The van der Waals surface area contributed by atoms with Crippen LogP contribution in [0.15, 0.2) is 6.33 Å². The van der Waals surface area contributed by atoms with Gasteiger partial charge in [-0.3, -0.25) is 4.79 Å². The zero-order chi connectivity index (χ0) is 13.8. The molecule has 1 fully saturated rings. The smallest absolute Gasteiger partial charge is 0.222 e. The highest BCUT2D eigenvalue weighted by Crippen LogP contribution is 2.27. The Bertz CT molecular complexity index is 461. The summed E-state index contributed by atoms with van der Waals surface area (Å²) in [4.78, 5) is 21.7. The number of nitrogens with zero attached hydrogens (tertiary/aromatic N) is 3. The summed E-state index contributed by atoms with van der Waals surface area (Å²) in [5, 5.41) is 12.3. The molecule has 0 saturated carbocycles. The highest BCUT2D eigenvalue weighted by Gasteiger charge is 2.26. The summed E-state index contributed by atoms with van der Waals surface area (Å²) in [5.74, 6) is 0.803. The van der Waals surface area contributed by atoms with Gasteiger partial charge in [0.1, 0.15) is 17.3 Å². The first-order valence-electron chi connectivity index (χ1n) is 6.24. The number of piperidine rings is 1. The van der Waals surface area contributed by atoms with E-state index in [1.807, 2.05) is 4.90 Å². The molecule has 0 atom stereocenters. The van der Waals surface area contributed by atoms with Gasteiger partial charge in [-0.1, -0.05) is 11.6 Å². The number of aromatic nitrogens is 2. The summed E-state index contributed by atoms with van der Waals surface area (Å²) in [7, 11) is 1.66. The molecule has 0 spiro atoms. The van der Waals surface area contributed by atoms with Gasteiger partial charge in [-0.25, -0.2) is 9.97 Å². The Morgan fingerprint density at radius 1 is 1.53 bits per heavy atom. The lowest BCUT2D eigenvalue weighted by molar-refractivity contribution is -0.125. The highest BCUT2D eigenvalue weighted by molar-refractivity contribution is 6.30. The lowest BCUT2D eigenvalue weighted by Crippen LogP contribution is -2.40. The van der Waals surface area contributed by atoms with Gasteiger partial charge in [-0.2, -0.15) is 0 Å². The van der Waals surface area contributed by atoms with Gasteiger partial charge in [0.25, 0.3) is 0 Å². The van der Waals surface area contributed by atoms with Crippen LogP contribution in [-0.4, -0.2) is 41.1 Å². The SMILES string of the molecule is CNC(=O)C1CCN(c2ncnc(Cl)c2CO)CC1. The Morgan fingerprint density at radius 3 is 2.79 bits per heavy atom. The van der Waals surface area contributed by atoms with Gasteiger partial charge in [0, 0.05) is 26.1 Å². The van der Waals surface area contributed by atoms with Gasteiger partial charge in [0.2, 0.25) is 5.91 Å². The van der Waals surface area contributed by atoms with Crippen molar-refractivity contribution >= 4 is 23.3 Å². The number of carbonyl (C=O) groups is 1. The van der Waals surface area contributed by atoms with E-state index >= 15 is 0 Å². The van der Waals surface area contributed by atoms with E-state index in [1.165, 1.54) is 6.33 Å². The number of amides is 1. The number of hydrogen-bond acceptors (Lipinski definition) is 5. The van der Waals surface area contributed by atoms with Crippen LogP contribution in [0.2, 0.25) is 5.15 Å². The molecule has 2 N–H and O–H groups in total. The number of hydrogen-bond donors (Lipinski definition) is 2. The average molecular weight is 285 g/mol. The molecule has 1 aliphatic heterocycles. The van der Waals surface area contributed by atoms with Gasteiger partial charge in [0.05, 0.1) is 12.2 Å². The first-order valence-corrected chi connectivity index (χ1v) is 6.62. The second kappa shape index (κ2) is 6.16. The van der Waals surface area contributed by atoms with Crippen molar-refractivity contribution in [3.05, 3.63) is 17.0 Å². The first kappa shape index (κ1) is 14.0. The number of nitrogens with one attached hydrogen (secondary N) is 1. The molecule has 1 aromatic rings. The minimum atomic E-state index is -0.190. The van der Waals surface area contributed by atoms with Crippen molar-refractivity contribution in [3.8, 4) is 0 Å². The predicted molar refractivity (Wildman–Crippen MR) is 72.0 cm³/mol. The fourth-order valence-corrected chi connectivity index (χ4v) is 2.54. The molecular weight excluding hydrogens is 268 g/mol. The van der Waals surface area contributed by atoms with E-state index in [0.29, 0.717) is 11.4 Å². The maximum absolute atomic E-state index is 11.6. The zero-order valence-corrected chi connectivity index (χ0v) is 11.5. The lowest BCUT2D eigenvalue weighted by Gasteiger charge is -2.32. The van der Waals surface area contributed by atoms with Crippen molar-refractivity contribution in [2.75, 3.05) is 25.0 Å². The number of anilines is 1. The van der Waals surface area contributed by atoms with Crippen LogP contribution in [0.25, 0.3) is 0 Å². The van der Waals surface area contributed by atoms with E-state index in [-0.39, 0.29) is 23.6 Å². The number of aliphatic hydroxyl groups is 1.